The minimum Gasteiger partial charge on any atom is -0.464 e. The molecule has 2 unspecified atom stereocenters. The van der Waals surface area contributed by atoms with Crippen molar-refractivity contribution in [2.75, 3.05) is 6.61 Å². The third-order valence-electron chi connectivity index (χ3n) is 5.12. The molecule has 0 radical (unpaired) electrons. The lowest BCUT2D eigenvalue weighted by atomic mass is 10.0. The van der Waals surface area contributed by atoms with Crippen molar-refractivity contribution in [1.82, 2.24) is 10.3 Å². The van der Waals surface area contributed by atoms with E-state index in [0.29, 0.717) is 5.52 Å². The van der Waals surface area contributed by atoms with Crippen molar-refractivity contribution >= 4 is 22.8 Å². The van der Waals surface area contributed by atoms with Crippen molar-refractivity contribution in [1.29, 1.82) is 0 Å². The van der Waals surface area contributed by atoms with E-state index in [1.165, 1.54) is 39.0 Å². The van der Waals surface area contributed by atoms with Crippen LogP contribution in [0.1, 0.15) is 83.1 Å². The van der Waals surface area contributed by atoms with Crippen molar-refractivity contribution in [3.05, 3.63) is 41.6 Å². The Labute approximate surface area is 190 Å². The fraction of sp³-hybridized carbons (Fsp3) is 0.500. The smallest absolute Gasteiger partial charge is 0.331 e. The molecule has 2 N–H and O–H groups in total. The molecule has 0 spiro atoms. The Morgan fingerprint density at radius 2 is 1.84 bits per heavy atom. The van der Waals surface area contributed by atoms with Crippen molar-refractivity contribution in [3.63, 3.8) is 0 Å². The fourth-order valence-corrected chi connectivity index (χ4v) is 3.43. The number of fused-ring (bicyclic) bond motifs is 1. The summed E-state index contributed by atoms with van der Waals surface area (Å²) in [5.74, 6) is 5.31. The lowest BCUT2D eigenvalue weighted by Crippen LogP contribution is -2.45. The van der Waals surface area contributed by atoms with E-state index >= 15 is 0 Å². The Hall–Kier alpha value is -2.91. The van der Waals surface area contributed by atoms with Gasteiger partial charge in [-0.1, -0.05) is 56.9 Å². The fourth-order valence-electron chi connectivity index (χ4n) is 3.43. The number of hydrogen-bond donors (Lipinski definition) is 2. The first-order valence-electron chi connectivity index (χ1n) is 11.5. The van der Waals surface area contributed by atoms with Crippen molar-refractivity contribution < 1.29 is 19.4 Å². The van der Waals surface area contributed by atoms with E-state index in [1.807, 2.05) is 24.3 Å². The molecule has 2 rings (SSSR count). The number of nitrogens with one attached hydrogen (secondary N) is 1. The molecule has 2 atom stereocenters. The van der Waals surface area contributed by atoms with Crippen LogP contribution in [-0.4, -0.2) is 34.6 Å². The quantitative estimate of drug-likeness (QED) is 0.308. The lowest BCUT2D eigenvalue weighted by Gasteiger charge is -2.21. The SMILES string of the molecule is CCCCCCCCC#Cc1ccc2nc(C(O)C(NC(C)=O)C(=O)OCC)ccc2c1. The number of amides is 1. The Balaban J connectivity index is 2.06. The molecule has 6 nitrogen and oxygen atoms in total. The molecule has 1 amide bonds. The zero-order valence-electron chi connectivity index (χ0n) is 19.3. The molecule has 0 aliphatic heterocycles. The molecule has 0 saturated carbocycles. The molecule has 1 heterocycles. The lowest BCUT2D eigenvalue weighted by molar-refractivity contribution is -0.150. The van der Waals surface area contributed by atoms with Gasteiger partial charge in [0.05, 0.1) is 17.8 Å². The number of aromatic nitrogens is 1. The van der Waals surface area contributed by atoms with Gasteiger partial charge >= 0.3 is 5.97 Å². The monoisotopic (exact) mass is 438 g/mol. The van der Waals surface area contributed by atoms with E-state index < -0.39 is 24.0 Å². The van der Waals surface area contributed by atoms with Gasteiger partial charge in [0.1, 0.15) is 6.10 Å². The zero-order valence-corrected chi connectivity index (χ0v) is 19.3. The number of nitrogens with zero attached hydrogens (tertiary/aromatic N) is 1. The number of esters is 1. The van der Waals surface area contributed by atoms with Crippen LogP contribution in [0, 0.1) is 11.8 Å². The zero-order chi connectivity index (χ0) is 23.3. The molecule has 0 bridgehead atoms. The molecular formula is C26H34N2O4. The molecule has 2 aromatic rings. The predicted molar refractivity (Wildman–Crippen MR) is 126 cm³/mol. The summed E-state index contributed by atoms with van der Waals surface area (Å²) >= 11 is 0. The minimum absolute atomic E-state index is 0.148. The Morgan fingerprint density at radius 3 is 2.56 bits per heavy atom. The van der Waals surface area contributed by atoms with Crippen molar-refractivity contribution in [2.24, 2.45) is 0 Å². The maximum absolute atomic E-state index is 12.2. The van der Waals surface area contributed by atoms with Crippen LogP contribution < -0.4 is 5.32 Å². The third-order valence-corrected chi connectivity index (χ3v) is 5.12. The molecule has 0 aliphatic carbocycles. The van der Waals surface area contributed by atoms with Crippen LogP contribution in [0.3, 0.4) is 0 Å². The summed E-state index contributed by atoms with van der Waals surface area (Å²) in [4.78, 5) is 28.1. The second kappa shape index (κ2) is 13.5. The van der Waals surface area contributed by atoms with Gasteiger partial charge in [0.25, 0.3) is 0 Å². The maximum atomic E-state index is 12.2. The van der Waals surface area contributed by atoms with Gasteiger partial charge in [-0.25, -0.2) is 9.78 Å². The standard InChI is InChI=1S/C26H34N2O4/c1-4-6-7-8-9-10-11-12-13-20-14-16-22-21(18-20)15-17-23(28-22)25(30)24(27-19(3)29)26(31)32-5-2/h14-18,24-25,30H,4-11H2,1-3H3,(H,27,29). The predicted octanol–water partition coefficient (Wildman–Crippen LogP) is 4.44. The molecule has 0 fully saturated rings. The highest BCUT2D eigenvalue weighted by molar-refractivity contribution is 5.84. The Bertz CT molecular complexity index is 961. The van der Waals surface area contributed by atoms with E-state index in [-0.39, 0.29) is 12.3 Å². The topological polar surface area (TPSA) is 88.5 Å². The summed E-state index contributed by atoms with van der Waals surface area (Å²) in [5, 5.41) is 14.0. The summed E-state index contributed by atoms with van der Waals surface area (Å²) in [6.07, 6.45) is 7.10. The highest BCUT2D eigenvalue weighted by Crippen LogP contribution is 2.21. The van der Waals surface area contributed by atoms with Crippen molar-refractivity contribution in [3.8, 4) is 11.8 Å². The maximum Gasteiger partial charge on any atom is 0.331 e. The van der Waals surface area contributed by atoms with Crippen LogP contribution in [0.15, 0.2) is 30.3 Å². The molecule has 0 aliphatic rings. The molecule has 32 heavy (non-hydrogen) atoms. The van der Waals surface area contributed by atoms with Gasteiger partial charge in [-0.05, 0) is 37.6 Å². The van der Waals surface area contributed by atoms with Gasteiger partial charge in [0.15, 0.2) is 6.04 Å². The number of ether oxygens (including phenoxy) is 1. The average molecular weight is 439 g/mol. The number of unbranched alkanes of at least 4 members (excludes halogenated alkanes) is 6. The number of benzene rings is 1. The molecule has 6 heteroatoms. The molecule has 1 aromatic carbocycles. The van der Waals surface area contributed by atoms with Crippen LogP contribution in [-0.2, 0) is 14.3 Å². The van der Waals surface area contributed by atoms with E-state index in [1.54, 1.807) is 13.0 Å². The van der Waals surface area contributed by atoms with Crippen LogP contribution in [0.25, 0.3) is 10.9 Å². The first-order chi connectivity index (χ1) is 15.5. The van der Waals surface area contributed by atoms with Crippen LogP contribution in [0.2, 0.25) is 0 Å². The summed E-state index contributed by atoms with van der Waals surface area (Å²) in [6.45, 7) is 5.31. The van der Waals surface area contributed by atoms with E-state index in [9.17, 15) is 14.7 Å². The van der Waals surface area contributed by atoms with Gasteiger partial charge < -0.3 is 15.2 Å². The largest absolute Gasteiger partial charge is 0.464 e. The van der Waals surface area contributed by atoms with E-state index in [4.69, 9.17) is 4.74 Å². The normalized spacial score (nSPS) is 12.5. The molecule has 1 aromatic heterocycles. The second-order valence-electron chi connectivity index (χ2n) is 7.84. The summed E-state index contributed by atoms with van der Waals surface area (Å²) in [6, 6.07) is 7.96. The Morgan fingerprint density at radius 1 is 1.09 bits per heavy atom. The minimum atomic E-state index is -1.32. The number of hydrogen-bond acceptors (Lipinski definition) is 5. The van der Waals surface area contributed by atoms with Gasteiger partial charge in [-0.3, -0.25) is 4.79 Å². The van der Waals surface area contributed by atoms with Crippen molar-refractivity contribution in [2.45, 2.75) is 77.9 Å². The van der Waals surface area contributed by atoms with Gasteiger partial charge in [0.2, 0.25) is 5.91 Å². The van der Waals surface area contributed by atoms with Gasteiger partial charge in [-0.15, -0.1) is 0 Å². The number of aliphatic hydroxyl groups is 1. The number of pyridine rings is 1. The first kappa shape index (κ1) is 25.4. The average Bonchev–Trinajstić information content (AvgIpc) is 2.78. The molecule has 0 saturated heterocycles. The van der Waals surface area contributed by atoms with Crippen LogP contribution in [0.5, 0.6) is 0 Å². The number of rotatable bonds is 11. The van der Waals surface area contributed by atoms with Gasteiger partial charge in [0, 0.05) is 24.3 Å². The van der Waals surface area contributed by atoms with E-state index in [2.05, 4.69) is 29.1 Å². The highest BCUT2D eigenvalue weighted by Gasteiger charge is 2.31. The molecule has 172 valence electrons. The number of carbonyl (C=O) groups is 2. The van der Waals surface area contributed by atoms with Gasteiger partial charge in [-0.2, -0.15) is 0 Å². The van der Waals surface area contributed by atoms with E-state index in [0.717, 1.165) is 23.8 Å². The highest BCUT2D eigenvalue weighted by atomic mass is 16.5. The van der Waals surface area contributed by atoms with Crippen LogP contribution in [0.4, 0.5) is 0 Å². The number of aliphatic hydroxyl groups excluding tert-OH is 1. The number of carbonyl (C=O) groups excluding carboxylic acids is 2. The summed E-state index contributed by atoms with van der Waals surface area (Å²) < 4.78 is 4.97. The van der Waals surface area contributed by atoms with Crippen LogP contribution >= 0.6 is 0 Å². The summed E-state index contributed by atoms with van der Waals surface area (Å²) in [5.41, 5.74) is 1.88. The molecular weight excluding hydrogens is 404 g/mol. The second-order valence-corrected chi connectivity index (χ2v) is 7.84. The Kier molecular flexibility index (Phi) is 10.7. The third kappa shape index (κ3) is 7.97. The first-order valence-corrected chi connectivity index (χ1v) is 11.5. The summed E-state index contributed by atoms with van der Waals surface area (Å²) in [7, 11) is 0.